The maximum Gasteiger partial charge on any atom is 0.120 e. The SMILES string of the molecule is CNC1CCC(C)(C)N(c2cccc(OC)c2)C1. The second kappa shape index (κ2) is 5.19. The Morgan fingerprint density at radius 1 is 1.39 bits per heavy atom. The molecule has 1 N–H and O–H groups in total. The molecular weight excluding hydrogens is 224 g/mol. The van der Waals surface area contributed by atoms with Crippen LogP contribution in [-0.4, -0.2) is 32.3 Å². The Bertz CT molecular complexity index is 403. The molecule has 1 atom stereocenters. The van der Waals surface area contributed by atoms with Crippen molar-refractivity contribution in [2.45, 2.75) is 38.3 Å². The molecule has 1 aliphatic rings. The molecule has 0 saturated carbocycles. The average Bonchev–Trinajstić information content (AvgIpc) is 2.38. The van der Waals surface area contributed by atoms with Crippen molar-refractivity contribution in [3.63, 3.8) is 0 Å². The molecule has 100 valence electrons. The molecule has 18 heavy (non-hydrogen) atoms. The smallest absolute Gasteiger partial charge is 0.120 e. The largest absolute Gasteiger partial charge is 0.497 e. The van der Waals surface area contributed by atoms with Crippen LogP contribution < -0.4 is 15.0 Å². The van der Waals surface area contributed by atoms with Gasteiger partial charge in [-0.2, -0.15) is 0 Å². The number of methoxy groups -OCH3 is 1. The van der Waals surface area contributed by atoms with Gasteiger partial charge in [-0.25, -0.2) is 0 Å². The summed E-state index contributed by atoms with van der Waals surface area (Å²) in [5, 5.41) is 3.40. The average molecular weight is 248 g/mol. The van der Waals surface area contributed by atoms with Gasteiger partial charge in [-0.15, -0.1) is 0 Å². The van der Waals surface area contributed by atoms with Gasteiger partial charge in [-0.3, -0.25) is 0 Å². The van der Waals surface area contributed by atoms with Crippen LogP contribution in [0.2, 0.25) is 0 Å². The van der Waals surface area contributed by atoms with Crippen molar-refractivity contribution in [2.75, 3.05) is 25.6 Å². The zero-order valence-corrected chi connectivity index (χ0v) is 11.9. The highest BCUT2D eigenvalue weighted by atomic mass is 16.5. The van der Waals surface area contributed by atoms with E-state index in [0.717, 1.165) is 12.3 Å². The van der Waals surface area contributed by atoms with Gasteiger partial charge in [-0.05, 0) is 45.9 Å². The highest BCUT2D eigenvalue weighted by molar-refractivity contribution is 5.53. The van der Waals surface area contributed by atoms with Gasteiger partial charge < -0.3 is 15.0 Å². The summed E-state index contributed by atoms with van der Waals surface area (Å²) in [4.78, 5) is 2.49. The van der Waals surface area contributed by atoms with Crippen LogP contribution in [0.4, 0.5) is 5.69 Å². The van der Waals surface area contributed by atoms with Crippen molar-refractivity contribution < 1.29 is 4.74 Å². The normalized spacial score (nSPS) is 22.9. The summed E-state index contributed by atoms with van der Waals surface area (Å²) in [6.45, 7) is 5.69. The van der Waals surface area contributed by atoms with Crippen LogP contribution >= 0.6 is 0 Å². The van der Waals surface area contributed by atoms with Crippen LogP contribution in [0.1, 0.15) is 26.7 Å². The summed E-state index contributed by atoms with van der Waals surface area (Å²) in [5.74, 6) is 0.926. The van der Waals surface area contributed by atoms with Crippen molar-refractivity contribution in [2.24, 2.45) is 0 Å². The van der Waals surface area contributed by atoms with E-state index >= 15 is 0 Å². The van der Waals surface area contributed by atoms with Gasteiger partial charge in [0, 0.05) is 29.9 Å². The molecule has 0 amide bonds. The number of piperidine rings is 1. The van der Waals surface area contributed by atoms with Gasteiger partial charge in [0.05, 0.1) is 7.11 Å². The predicted octanol–water partition coefficient (Wildman–Crippen LogP) is 2.66. The van der Waals surface area contributed by atoms with Crippen molar-refractivity contribution in [3.05, 3.63) is 24.3 Å². The minimum atomic E-state index is 0.208. The number of anilines is 1. The summed E-state index contributed by atoms with van der Waals surface area (Å²) < 4.78 is 5.32. The maximum atomic E-state index is 5.32. The molecule has 1 heterocycles. The Morgan fingerprint density at radius 2 is 2.17 bits per heavy atom. The minimum Gasteiger partial charge on any atom is -0.497 e. The molecular formula is C15H24N2O. The van der Waals surface area contributed by atoms with E-state index in [0.29, 0.717) is 6.04 Å². The minimum absolute atomic E-state index is 0.208. The number of ether oxygens (including phenoxy) is 1. The van der Waals surface area contributed by atoms with Gasteiger partial charge in [-0.1, -0.05) is 6.07 Å². The first-order chi connectivity index (χ1) is 8.56. The molecule has 1 unspecified atom stereocenters. The first-order valence-corrected chi connectivity index (χ1v) is 6.66. The first kappa shape index (κ1) is 13.2. The molecule has 1 aromatic carbocycles. The second-order valence-corrected chi connectivity index (χ2v) is 5.65. The molecule has 0 spiro atoms. The van der Waals surface area contributed by atoms with Crippen molar-refractivity contribution in [1.29, 1.82) is 0 Å². The third kappa shape index (κ3) is 2.61. The third-order valence-corrected chi connectivity index (χ3v) is 4.01. The van der Waals surface area contributed by atoms with E-state index in [9.17, 15) is 0 Å². The molecule has 0 aromatic heterocycles. The molecule has 1 aliphatic heterocycles. The fraction of sp³-hybridized carbons (Fsp3) is 0.600. The lowest BCUT2D eigenvalue weighted by atomic mass is 9.87. The molecule has 3 nitrogen and oxygen atoms in total. The highest BCUT2D eigenvalue weighted by Crippen LogP contribution is 2.33. The lowest BCUT2D eigenvalue weighted by Gasteiger charge is -2.47. The topological polar surface area (TPSA) is 24.5 Å². The summed E-state index contributed by atoms with van der Waals surface area (Å²) in [5.41, 5.74) is 1.46. The van der Waals surface area contributed by atoms with E-state index in [1.54, 1.807) is 7.11 Å². The Hall–Kier alpha value is -1.22. The molecule has 1 aromatic rings. The third-order valence-electron chi connectivity index (χ3n) is 4.01. The van der Waals surface area contributed by atoms with E-state index in [1.807, 2.05) is 13.1 Å². The predicted molar refractivity (Wildman–Crippen MR) is 76.5 cm³/mol. The van der Waals surface area contributed by atoms with Crippen molar-refractivity contribution in [1.82, 2.24) is 5.32 Å². The first-order valence-electron chi connectivity index (χ1n) is 6.66. The van der Waals surface area contributed by atoms with E-state index in [-0.39, 0.29) is 5.54 Å². The van der Waals surface area contributed by atoms with Crippen LogP contribution in [0.3, 0.4) is 0 Å². The molecule has 0 aliphatic carbocycles. The number of benzene rings is 1. The molecule has 1 saturated heterocycles. The molecule has 0 bridgehead atoms. The summed E-state index contributed by atoms with van der Waals surface area (Å²) in [6.07, 6.45) is 2.44. The molecule has 1 fully saturated rings. The lowest BCUT2D eigenvalue weighted by molar-refractivity contribution is 0.313. The van der Waals surface area contributed by atoms with Gasteiger partial charge in [0.1, 0.15) is 5.75 Å². The van der Waals surface area contributed by atoms with Crippen LogP contribution in [0.15, 0.2) is 24.3 Å². The Morgan fingerprint density at radius 3 is 2.83 bits per heavy atom. The summed E-state index contributed by atoms with van der Waals surface area (Å²) >= 11 is 0. The lowest BCUT2D eigenvalue weighted by Crippen LogP contribution is -2.55. The quantitative estimate of drug-likeness (QED) is 0.890. The van der Waals surface area contributed by atoms with Crippen LogP contribution in [0.5, 0.6) is 5.75 Å². The summed E-state index contributed by atoms with van der Waals surface area (Å²) in [7, 11) is 3.77. The Balaban J connectivity index is 2.27. The van der Waals surface area contributed by atoms with Crippen molar-refractivity contribution in [3.8, 4) is 5.75 Å². The van der Waals surface area contributed by atoms with Gasteiger partial charge >= 0.3 is 0 Å². The van der Waals surface area contributed by atoms with E-state index in [1.165, 1.54) is 18.5 Å². The van der Waals surface area contributed by atoms with E-state index in [4.69, 9.17) is 4.74 Å². The van der Waals surface area contributed by atoms with E-state index in [2.05, 4.69) is 42.3 Å². The fourth-order valence-corrected chi connectivity index (χ4v) is 2.69. The van der Waals surface area contributed by atoms with Gasteiger partial charge in [0.2, 0.25) is 0 Å². The van der Waals surface area contributed by atoms with Crippen molar-refractivity contribution >= 4 is 5.69 Å². The monoisotopic (exact) mass is 248 g/mol. The zero-order chi connectivity index (χ0) is 13.2. The van der Waals surface area contributed by atoms with Crippen LogP contribution in [0, 0.1) is 0 Å². The Labute approximate surface area is 110 Å². The summed E-state index contributed by atoms with van der Waals surface area (Å²) in [6, 6.07) is 8.93. The molecule has 0 radical (unpaired) electrons. The van der Waals surface area contributed by atoms with Gasteiger partial charge in [0.25, 0.3) is 0 Å². The Kier molecular flexibility index (Phi) is 3.81. The number of hydrogen-bond donors (Lipinski definition) is 1. The fourth-order valence-electron chi connectivity index (χ4n) is 2.69. The van der Waals surface area contributed by atoms with Crippen LogP contribution in [0.25, 0.3) is 0 Å². The number of nitrogens with one attached hydrogen (secondary N) is 1. The second-order valence-electron chi connectivity index (χ2n) is 5.65. The number of nitrogens with zero attached hydrogens (tertiary/aromatic N) is 1. The van der Waals surface area contributed by atoms with Gasteiger partial charge in [0.15, 0.2) is 0 Å². The highest BCUT2D eigenvalue weighted by Gasteiger charge is 2.33. The van der Waals surface area contributed by atoms with E-state index < -0.39 is 0 Å². The molecule has 3 heteroatoms. The maximum absolute atomic E-state index is 5.32. The standard InChI is InChI=1S/C15H24N2O/c1-15(2)9-8-12(16-3)11-17(15)13-6-5-7-14(10-13)18-4/h5-7,10,12,16H,8-9,11H2,1-4H3. The molecule has 2 rings (SSSR count). The number of likely N-dealkylation sites (N-methyl/N-ethyl adjacent to an activating group) is 1. The number of hydrogen-bond acceptors (Lipinski definition) is 3. The number of rotatable bonds is 3. The zero-order valence-electron chi connectivity index (χ0n) is 11.9. The van der Waals surface area contributed by atoms with Crippen LogP contribution in [-0.2, 0) is 0 Å².